The molecule has 0 N–H and O–H groups in total. The average Bonchev–Trinajstić information content (AvgIpc) is 3.16. The number of carbonyl (C=O) groups is 1. The predicted molar refractivity (Wildman–Crippen MR) is 82.7 cm³/mol. The first-order valence-electron chi connectivity index (χ1n) is 6.68. The number of rotatable bonds is 5. The molecule has 22 heavy (non-hydrogen) atoms. The van der Waals surface area contributed by atoms with Gasteiger partial charge < -0.3 is 4.74 Å². The number of benzene rings is 1. The predicted octanol–water partition coefficient (Wildman–Crippen LogP) is 2.73. The largest absolute Gasteiger partial charge is 0.487 e. The summed E-state index contributed by atoms with van der Waals surface area (Å²) in [6.07, 6.45) is 2.36. The van der Waals surface area contributed by atoms with Crippen LogP contribution in [0.25, 0.3) is 5.13 Å². The van der Waals surface area contributed by atoms with Crippen molar-refractivity contribution in [2.24, 2.45) is 0 Å². The minimum Gasteiger partial charge on any atom is -0.487 e. The number of nitrogens with zero attached hydrogens (tertiary/aromatic N) is 4. The summed E-state index contributed by atoms with van der Waals surface area (Å²) < 4.78 is 7.40. The molecular formula is C15H14N4O2S. The second-order valence-corrected chi connectivity index (χ2v) is 5.70. The Kier molecular flexibility index (Phi) is 3.97. The molecule has 0 bridgehead atoms. The Bertz CT molecular complexity index is 796. The molecule has 6 nitrogen and oxygen atoms in total. The quantitative estimate of drug-likeness (QED) is 0.677. The van der Waals surface area contributed by atoms with Gasteiger partial charge in [-0.05, 0) is 31.0 Å². The van der Waals surface area contributed by atoms with E-state index in [9.17, 15) is 4.79 Å². The van der Waals surface area contributed by atoms with Crippen molar-refractivity contribution in [1.29, 1.82) is 0 Å². The lowest BCUT2D eigenvalue weighted by atomic mass is 10.1. The molecule has 0 radical (unpaired) electrons. The number of ether oxygens (including phenoxy) is 1. The van der Waals surface area contributed by atoms with Crippen molar-refractivity contribution >= 4 is 17.6 Å². The van der Waals surface area contributed by atoms with Gasteiger partial charge in [-0.25, -0.2) is 4.98 Å². The minimum atomic E-state index is 0.199. The van der Waals surface area contributed by atoms with Gasteiger partial charge in [0.05, 0.1) is 0 Å². The fourth-order valence-corrected chi connectivity index (χ4v) is 2.63. The van der Waals surface area contributed by atoms with Crippen LogP contribution >= 0.6 is 11.3 Å². The summed E-state index contributed by atoms with van der Waals surface area (Å²) in [7, 11) is 0. The number of aldehydes is 1. The molecule has 3 aromatic rings. The zero-order valence-corrected chi connectivity index (χ0v) is 13.0. The van der Waals surface area contributed by atoms with Crippen LogP contribution in [-0.2, 0) is 6.61 Å². The van der Waals surface area contributed by atoms with Gasteiger partial charge in [0.25, 0.3) is 0 Å². The Morgan fingerprint density at radius 3 is 2.95 bits per heavy atom. The van der Waals surface area contributed by atoms with Gasteiger partial charge >= 0.3 is 0 Å². The number of aryl methyl sites for hydroxylation is 2. The zero-order chi connectivity index (χ0) is 15.5. The fourth-order valence-electron chi connectivity index (χ4n) is 2.02. The van der Waals surface area contributed by atoms with Crippen LogP contribution < -0.4 is 4.74 Å². The Morgan fingerprint density at radius 2 is 2.23 bits per heavy atom. The summed E-state index contributed by atoms with van der Waals surface area (Å²) in [6.45, 7) is 4.18. The Balaban J connectivity index is 1.90. The molecule has 0 saturated carbocycles. The SMILES string of the molecule is Cc1ccc(C)c(OCc2c(C=O)nnn2-c2nccs2)c1. The third-order valence-electron chi connectivity index (χ3n) is 3.21. The van der Waals surface area contributed by atoms with E-state index >= 15 is 0 Å². The van der Waals surface area contributed by atoms with E-state index < -0.39 is 0 Å². The molecule has 0 saturated heterocycles. The van der Waals surface area contributed by atoms with Crippen LogP contribution in [0.15, 0.2) is 29.8 Å². The van der Waals surface area contributed by atoms with Crippen LogP contribution in [0.5, 0.6) is 5.75 Å². The second kappa shape index (κ2) is 6.07. The van der Waals surface area contributed by atoms with E-state index in [0.29, 0.717) is 17.1 Å². The standard InChI is InChI=1S/C15H14N4O2S/c1-10-3-4-11(2)14(7-10)21-9-13-12(8-20)17-18-19(13)15-16-5-6-22-15/h3-8H,9H2,1-2H3. The molecular weight excluding hydrogens is 300 g/mol. The van der Waals surface area contributed by atoms with Crippen LogP contribution in [-0.4, -0.2) is 26.3 Å². The smallest absolute Gasteiger partial charge is 0.212 e. The number of hydrogen-bond donors (Lipinski definition) is 0. The van der Waals surface area contributed by atoms with Crippen LogP contribution in [0.4, 0.5) is 0 Å². The molecule has 0 aliphatic heterocycles. The van der Waals surface area contributed by atoms with Gasteiger partial charge in [0.15, 0.2) is 12.0 Å². The van der Waals surface area contributed by atoms with Crippen LogP contribution in [0.2, 0.25) is 0 Å². The molecule has 0 atom stereocenters. The molecule has 112 valence electrons. The van der Waals surface area contributed by atoms with E-state index in [2.05, 4.69) is 15.3 Å². The van der Waals surface area contributed by atoms with E-state index in [1.54, 1.807) is 10.9 Å². The molecule has 2 heterocycles. The first-order chi connectivity index (χ1) is 10.7. The molecule has 0 spiro atoms. The van der Waals surface area contributed by atoms with Gasteiger partial charge in [0.1, 0.15) is 18.1 Å². The molecule has 0 amide bonds. The maximum atomic E-state index is 11.2. The second-order valence-electron chi connectivity index (χ2n) is 4.82. The van der Waals surface area contributed by atoms with Crippen molar-refractivity contribution in [1.82, 2.24) is 20.0 Å². The van der Waals surface area contributed by atoms with E-state index in [4.69, 9.17) is 4.74 Å². The summed E-state index contributed by atoms with van der Waals surface area (Å²) in [5, 5.41) is 10.4. The lowest BCUT2D eigenvalue weighted by Crippen LogP contribution is -2.08. The minimum absolute atomic E-state index is 0.199. The van der Waals surface area contributed by atoms with Crippen molar-refractivity contribution in [3.63, 3.8) is 0 Å². The number of hydrogen-bond acceptors (Lipinski definition) is 6. The molecule has 1 aromatic carbocycles. The lowest BCUT2D eigenvalue weighted by Gasteiger charge is -2.10. The molecule has 0 aliphatic rings. The third-order valence-corrected chi connectivity index (χ3v) is 3.96. The molecule has 0 aliphatic carbocycles. The highest BCUT2D eigenvalue weighted by Gasteiger charge is 2.16. The van der Waals surface area contributed by atoms with Crippen molar-refractivity contribution in [3.05, 3.63) is 52.3 Å². The highest BCUT2D eigenvalue weighted by atomic mass is 32.1. The first kappa shape index (κ1) is 14.4. The summed E-state index contributed by atoms with van der Waals surface area (Å²) in [5.74, 6) is 0.781. The maximum Gasteiger partial charge on any atom is 0.212 e. The zero-order valence-electron chi connectivity index (χ0n) is 12.2. The Labute approximate surface area is 131 Å². The average molecular weight is 314 g/mol. The van der Waals surface area contributed by atoms with Crippen molar-refractivity contribution in [2.75, 3.05) is 0 Å². The van der Waals surface area contributed by atoms with Crippen molar-refractivity contribution in [3.8, 4) is 10.9 Å². The summed E-state index contributed by atoms with van der Waals surface area (Å²) in [4.78, 5) is 15.3. The van der Waals surface area contributed by atoms with Crippen LogP contribution in [0.1, 0.15) is 27.3 Å². The molecule has 0 unspecified atom stereocenters. The summed E-state index contributed by atoms with van der Waals surface area (Å²) in [6, 6.07) is 6.00. The fraction of sp³-hybridized carbons (Fsp3) is 0.200. The van der Waals surface area contributed by atoms with Crippen LogP contribution in [0.3, 0.4) is 0 Å². The van der Waals surface area contributed by atoms with Gasteiger partial charge in [-0.1, -0.05) is 17.3 Å². The molecule has 3 rings (SSSR count). The summed E-state index contributed by atoms with van der Waals surface area (Å²) >= 11 is 1.42. The first-order valence-corrected chi connectivity index (χ1v) is 7.56. The van der Waals surface area contributed by atoms with E-state index in [1.807, 2.05) is 37.4 Å². The van der Waals surface area contributed by atoms with Crippen molar-refractivity contribution in [2.45, 2.75) is 20.5 Å². The Hall–Kier alpha value is -2.54. The topological polar surface area (TPSA) is 69.9 Å². The van der Waals surface area contributed by atoms with E-state index in [-0.39, 0.29) is 12.3 Å². The van der Waals surface area contributed by atoms with Crippen LogP contribution in [0, 0.1) is 13.8 Å². The Morgan fingerprint density at radius 1 is 1.36 bits per heavy atom. The summed E-state index contributed by atoms with van der Waals surface area (Å²) in [5.41, 5.74) is 3.00. The van der Waals surface area contributed by atoms with Gasteiger partial charge in [0, 0.05) is 11.6 Å². The number of carbonyl (C=O) groups excluding carboxylic acids is 1. The van der Waals surface area contributed by atoms with Gasteiger partial charge in [-0.2, -0.15) is 4.68 Å². The lowest BCUT2D eigenvalue weighted by molar-refractivity contribution is 0.111. The molecule has 0 fully saturated rings. The third kappa shape index (κ3) is 2.75. The van der Waals surface area contributed by atoms with Gasteiger partial charge in [-0.3, -0.25) is 4.79 Å². The maximum absolute atomic E-state index is 11.2. The highest BCUT2D eigenvalue weighted by molar-refractivity contribution is 7.12. The van der Waals surface area contributed by atoms with E-state index in [0.717, 1.165) is 16.9 Å². The van der Waals surface area contributed by atoms with Gasteiger partial charge in [-0.15, -0.1) is 16.4 Å². The molecule has 2 aromatic heterocycles. The van der Waals surface area contributed by atoms with E-state index in [1.165, 1.54) is 11.3 Å². The normalized spacial score (nSPS) is 10.6. The number of aromatic nitrogens is 4. The van der Waals surface area contributed by atoms with Crippen molar-refractivity contribution < 1.29 is 9.53 Å². The molecule has 7 heteroatoms. The number of thiazole rings is 1. The highest BCUT2D eigenvalue weighted by Crippen LogP contribution is 2.22. The van der Waals surface area contributed by atoms with Gasteiger partial charge in [0.2, 0.25) is 5.13 Å². The monoisotopic (exact) mass is 314 g/mol.